The Morgan fingerprint density at radius 2 is 2.21 bits per heavy atom. The molecule has 1 heterocycles. The third-order valence-corrected chi connectivity index (χ3v) is 1.31. The zero-order valence-electron chi connectivity index (χ0n) is 7.61. The van der Waals surface area contributed by atoms with Crippen LogP contribution in [-0.4, -0.2) is 22.5 Å². The smallest absolute Gasteiger partial charge is 0.367 e. The number of carbonyl (C=O) groups excluding carboxylic acids is 1. The van der Waals surface area contributed by atoms with Gasteiger partial charge in [0.2, 0.25) is 5.83 Å². The van der Waals surface area contributed by atoms with E-state index in [9.17, 15) is 9.18 Å². The zero-order valence-corrected chi connectivity index (χ0v) is 7.61. The molecule has 0 unspecified atom stereocenters. The second kappa shape index (κ2) is 5.06. The molecule has 1 aromatic heterocycles. The summed E-state index contributed by atoms with van der Waals surface area (Å²) in [6.07, 6.45) is 3.84. The molecule has 0 atom stereocenters. The molecule has 0 aliphatic heterocycles. The quantitative estimate of drug-likeness (QED) is 0.541. The van der Waals surface area contributed by atoms with E-state index >= 15 is 0 Å². The molecule has 0 amide bonds. The Balaban J connectivity index is 2.74. The number of carbonyl (C=O) groups is 1. The van der Waals surface area contributed by atoms with Gasteiger partial charge in [-0.3, -0.25) is 0 Å². The number of halogens is 1. The molecule has 4 nitrogen and oxygen atoms in total. The molecule has 5 heteroatoms. The lowest BCUT2D eigenvalue weighted by Gasteiger charge is -1.97. The van der Waals surface area contributed by atoms with E-state index in [1.165, 1.54) is 12.4 Å². The first-order valence-corrected chi connectivity index (χ1v) is 4.05. The summed E-state index contributed by atoms with van der Waals surface area (Å²) in [7, 11) is 0. The van der Waals surface area contributed by atoms with Gasteiger partial charge < -0.3 is 4.74 Å². The van der Waals surface area contributed by atoms with Crippen LogP contribution in [0.2, 0.25) is 0 Å². The lowest BCUT2D eigenvalue weighted by molar-refractivity contribution is -0.140. The molecule has 74 valence electrons. The predicted octanol–water partition coefficient (Wildman–Crippen LogP) is 1.35. The standard InChI is InChI=1S/C9H9FN2O2/c1-2-14-9(13)7(10)6-8-11-4-3-5-12-8/h3-6H,2H2,1H3/b7-6+. The minimum absolute atomic E-state index is 0.135. The van der Waals surface area contributed by atoms with Gasteiger partial charge in [-0.25, -0.2) is 14.8 Å². The van der Waals surface area contributed by atoms with Gasteiger partial charge in [-0.2, -0.15) is 4.39 Å². The van der Waals surface area contributed by atoms with Crippen molar-refractivity contribution in [2.75, 3.05) is 6.61 Å². The lowest BCUT2D eigenvalue weighted by Crippen LogP contribution is -2.04. The Morgan fingerprint density at radius 1 is 1.57 bits per heavy atom. The summed E-state index contributed by atoms with van der Waals surface area (Å²) in [6, 6.07) is 1.60. The average Bonchev–Trinajstić information content (AvgIpc) is 2.19. The van der Waals surface area contributed by atoms with Crippen molar-refractivity contribution < 1.29 is 13.9 Å². The number of esters is 1. The van der Waals surface area contributed by atoms with E-state index in [0.717, 1.165) is 6.08 Å². The number of nitrogens with zero attached hydrogens (tertiary/aromatic N) is 2. The van der Waals surface area contributed by atoms with Crippen molar-refractivity contribution in [1.29, 1.82) is 0 Å². The summed E-state index contributed by atoms with van der Waals surface area (Å²) in [6.45, 7) is 1.74. The van der Waals surface area contributed by atoms with E-state index in [-0.39, 0.29) is 12.4 Å². The molecule has 1 rings (SSSR count). The summed E-state index contributed by atoms with van der Waals surface area (Å²) in [5.41, 5.74) is 0. The van der Waals surface area contributed by atoms with E-state index in [0.29, 0.717) is 0 Å². The molecular weight excluding hydrogens is 187 g/mol. The van der Waals surface area contributed by atoms with Gasteiger partial charge in [0.25, 0.3) is 0 Å². The van der Waals surface area contributed by atoms with Crippen LogP contribution < -0.4 is 0 Å². The van der Waals surface area contributed by atoms with Crippen molar-refractivity contribution in [3.8, 4) is 0 Å². The minimum Gasteiger partial charge on any atom is -0.461 e. The van der Waals surface area contributed by atoms with Crippen molar-refractivity contribution in [1.82, 2.24) is 9.97 Å². The number of hydrogen-bond donors (Lipinski definition) is 0. The molecule has 1 aromatic rings. The molecule has 0 saturated carbocycles. The highest BCUT2D eigenvalue weighted by molar-refractivity contribution is 5.90. The van der Waals surface area contributed by atoms with Gasteiger partial charge in [0, 0.05) is 18.5 Å². The molecule has 0 saturated heterocycles. The van der Waals surface area contributed by atoms with E-state index in [1.807, 2.05) is 0 Å². The summed E-state index contributed by atoms with van der Waals surface area (Å²) < 4.78 is 17.4. The highest BCUT2D eigenvalue weighted by Crippen LogP contribution is 2.04. The van der Waals surface area contributed by atoms with Crippen LogP contribution in [0, 0.1) is 0 Å². The Morgan fingerprint density at radius 3 is 2.79 bits per heavy atom. The van der Waals surface area contributed by atoms with Crippen molar-refractivity contribution in [2.45, 2.75) is 6.92 Å². The van der Waals surface area contributed by atoms with Gasteiger partial charge in [-0.05, 0) is 13.0 Å². The largest absolute Gasteiger partial charge is 0.461 e. The normalized spacial score (nSPS) is 11.1. The average molecular weight is 196 g/mol. The first kappa shape index (κ1) is 10.3. The minimum atomic E-state index is -1.00. The van der Waals surface area contributed by atoms with E-state index in [1.54, 1.807) is 13.0 Å². The predicted molar refractivity (Wildman–Crippen MR) is 47.8 cm³/mol. The van der Waals surface area contributed by atoms with Crippen LogP contribution in [-0.2, 0) is 9.53 Å². The fourth-order valence-electron chi connectivity index (χ4n) is 0.757. The summed E-state index contributed by atoms with van der Waals surface area (Å²) in [4.78, 5) is 18.3. The van der Waals surface area contributed by atoms with Gasteiger partial charge in [0.05, 0.1) is 6.61 Å². The fraction of sp³-hybridized carbons (Fsp3) is 0.222. The van der Waals surface area contributed by atoms with Crippen molar-refractivity contribution in [3.63, 3.8) is 0 Å². The lowest BCUT2D eigenvalue weighted by atomic mass is 10.4. The van der Waals surface area contributed by atoms with E-state index in [2.05, 4.69) is 14.7 Å². The van der Waals surface area contributed by atoms with Gasteiger partial charge in [0.15, 0.2) is 5.82 Å². The van der Waals surface area contributed by atoms with Crippen molar-refractivity contribution in [3.05, 3.63) is 30.1 Å². The third kappa shape index (κ3) is 2.93. The summed E-state index contributed by atoms with van der Waals surface area (Å²) in [5.74, 6) is -1.86. The number of rotatable bonds is 3. The number of aromatic nitrogens is 2. The van der Waals surface area contributed by atoms with Crippen LogP contribution in [0.5, 0.6) is 0 Å². The first-order chi connectivity index (χ1) is 6.74. The summed E-state index contributed by atoms with van der Waals surface area (Å²) >= 11 is 0. The maximum absolute atomic E-state index is 13.0. The second-order valence-corrected chi connectivity index (χ2v) is 2.32. The molecule has 0 radical (unpaired) electrons. The molecule has 0 aromatic carbocycles. The molecule has 0 fully saturated rings. The van der Waals surface area contributed by atoms with E-state index < -0.39 is 11.8 Å². The van der Waals surface area contributed by atoms with E-state index in [4.69, 9.17) is 0 Å². The maximum Gasteiger partial charge on any atom is 0.367 e. The van der Waals surface area contributed by atoms with Crippen molar-refractivity contribution >= 4 is 12.0 Å². The molecule has 0 N–H and O–H groups in total. The first-order valence-electron chi connectivity index (χ1n) is 4.05. The molecule has 14 heavy (non-hydrogen) atoms. The SMILES string of the molecule is CCOC(=O)/C(F)=C\c1ncccn1. The topological polar surface area (TPSA) is 52.1 Å². The van der Waals surface area contributed by atoms with Crippen LogP contribution in [0.3, 0.4) is 0 Å². The summed E-state index contributed by atoms with van der Waals surface area (Å²) in [5, 5.41) is 0. The zero-order chi connectivity index (χ0) is 10.4. The fourth-order valence-corrected chi connectivity index (χ4v) is 0.757. The second-order valence-electron chi connectivity index (χ2n) is 2.32. The molecule has 0 spiro atoms. The van der Waals surface area contributed by atoms with Crippen LogP contribution in [0.15, 0.2) is 24.3 Å². The monoisotopic (exact) mass is 196 g/mol. The third-order valence-electron chi connectivity index (χ3n) is 1.31. The van der Waals surface area contributed by atoms with Crippen LogP contribution in [0.1, 0.15) is 12.7 Å². The Bertz CT molecular complexity index is 338. The number of hydrogen-bond acceptors (Lipinski definition) is 4. The van der Waals surface area contributed by atoms with Crippen LogP contribution >= 0.6 is 0 Å². The van der Waals surface area contributed by atoms with Crippen LogP contribution in [0.25, 0.3) is 6.08 Å². The van der Waals surface area contributed by atoms with Gasteiger partial charge >= 0.3 is 5.97 Å². The Hall–Kier alpha value is -1.78. The van der Waals surface area contributed by atoms with Crippen molar-refractivity contribution in [2.24, 2.45) is 0 Å². The Kier molecular flexibility index (Phi) is 3.72. The molecule has 0 bridgehead atoms. The van der Waals surface area contributed by atoms with Gasteiger partial charge in [-0.1, -0.05) is 0 Å². The van der Waals surface area contributed by atoms with Gasteiger partial charge in [-0.15, -0.1) is 0 Å². The molecule has 0 aliphatic rings. The maximum atomic E-state index is 13.0. The number of ether oxygens (including phenoxy) is 1. The Labute approximate surface area is 80.4 Å². The highest BCUT2D eigenvalue weighted by atomic mass is 19.1. The van der Waals surface area contributed by atoms with Gasteiger partial charge in [0.1, 0.15) is 0 Å². The molecular formula is C9H9FN2O2. The molecule has 0 aliphatic carbocycles. The highest BCUT2D eigenvalue weighted by Gasteiger charge is 2.09. The van der Waals surface area contributed by atoms with Crippen LogP contribution in [0.4, 0.5) is 4.39 Å².